The molecule has 0 amide bonds. The van der Waals surface area contributed by atoms with Gasteiger partial charge < -0.3 is 5.73 Å². The molecule has 0 aliphatic heterocycles. The predicted molar refractivity (Wildman–Crippen MR) is 74.4 cm³/mol. The molecule has 0 fully saturated rings. The molecular formula is C11H14N4O2S2. The van der Waals surface area contributed by atoms with Crippen LogP contribution in [0.3, 0.4) is 0 Å². The molecule has 6 nitrogen and oxygen atoms in total. The Morgan fingerprint density at radius 2 is 2.05 bits per heavy atom. The lowest BCUT2D eigenvalue weighted by molar-refractivity contribution is 0.583. The highest BCUT2D eigenvalue weighted by atomic mass is 32.2. The van der Waals surface area contributed by atoms with Crippen LogP contribution < -0.4 is 10.5 Å². The average molecular weight is 298 g/mol. The van der Waals surface area contributed by atoms with Crippen molar-refractivity contribution in [2.45, 2.75) is 17.6 Å². The van der Waals surface area contributed by atoms with Crippen molar-refractivity contribution >= 4 is 26.5 Å². The minimum absolute atomic E-state index is 0.180. The Morgan fingerprint density at radius 3 is 2.63 bits per heavy atom. The first-order chi connectivity index (χ1) is 8.99. The van der Waals surface area contributed by atoms with Gasteiger partial charge in [-0.2, -0.15) is 0 Å². The molecule has 19 heavy (non-hydrogen) atoms. The van der Waals surface area contributed by atoms with Gasteiger partial charge in [0.2, 0.25) is 0 Å². The number of nitrogens with zero attached hydrogens (tertiary/aromatic N) is 2. The Balaban J connectivity index is 2.01. The fourth-order valence-corrected chi connectivity index (χ4v) is 3.97. The number of sulfonamides is 1. The molecule has 2 rings (SSSR count). The molecule has 0 saturated carbocycles. The summed E-state index contributed by atoms with van der Waals surface area (Å²) in [4.78, 5) is 7.82. The second-order valence-corrected chi connectivity index (χ2v) is 6.92. The Hall–Kier alpha value is -1.51. The summed E-state index contributed by atoms with van der Waals surface area (Å²) in [6.07, 6.45) is 3.96. The first-order valence-electron chi connectivity index (χ1n) is 5.60. The Bertz CT molecular complexity index is 653. The molecule has 0 bridgehead atoms. The van der Waals surface area contributed by atoms with Gasteiger partial charge in [-0.25, -0.2) is 18.1 Å². The summed E-state index contributed by atoms with van der Waals surface area (Å²) in [7, 11) is -3.53. The third-order valence-corrected chi connectivity index (χ3v) is 5.53. The van der Waals surface area contributed by atoms with Gasteiger partial charge in [-0.05, 0) is 31.0 Å². The summed E-state index contributed by atoms with van der Waals surface area (Å²) in [5, 5.41) is 0.256. The quantitative estimate of drug-likeness (QED) is 0.856. The summed E-state index contributed by atoms with van der Waals surface area (Å²) in [6, 6.07) is 3.70. The van der Waals surface area contributed by atoms with Gasteiger partial charge in [0.05, 0.1) is 5.69 Å². The molecule has 2 aromatic rings. The van der Waals surface area contributed by atoms with Crippen LogP contribution in [-0.4, -0.2) is 24.9 Å². The summed E-state index contributed by atoms with van der Waals surface area (Å²) >= 11 is 0.974. The van der Waals surface area contributed by atoms with Crippen LogP contribution in [0.25, 0.3) is 0 Å². The molecule has 3 N–H and O–H groups in total. The number of aromatic nitrogens is 2. The van der Waals surface area contributed by atoms with E-state index in [-0.39, 0.29) is 9.34 Å². The number of aryl methyl sites for hydroxylation is 1. The van der Waals surface area contributed by atoms with E-state index >= 15 is 0 Å². The van der Waals surface area contributed by atoms with Crippen molar-refractivity contribution in [3.05, 3.63) is 35.8 Å². The summed E-state index contributed by atoms with van der Waals surface area (Å²) in [5.41, 5.74) is 6.96. The van der Waals surface area contributed by atoms with Crippen LogP contribution in [0.1, 0.15) is 11.3 Å². The van der Waals surface area contributed by atoms with Crippen molar-refractivity contribution < 1.29 is 8.42 Å². The van der Waals surface area contributed by atoms with E-state index in [9.17, 15) is 8.42 Å². The minimum atomic E-state index is -3.53. The zero-order valence-electron chi connectivity index (χ0n) is 10.3. The van der Waals surface area contributed by atoms with E-state index in [0.717, 1.165) is 16.9 Å². The highest BCUT2D eigenvalue weighted by Crippen LogP contribution is 2.24. The van der Waals surface area contributed by atoms with Crippen LogP contribution in [-0.2, 0) is 16.4 Å². The molecule has 0 spiro atoms. The number of nitrogens with two attached hydrogens (primary N) is 1. The Labute approximate surface area is 115 Å². The van der Waals surface area contributed by atoms with Gasteiger partial charge in [-0.1, -0.05) is 11.3 Å². The van der Waals surface area contributed by atoms with Crippen molar-refractivity contribution in [2.75, 3.05) is 12.3 Å². The largest absolute Gasteiger partial charge is 0.375 e. The van der Waals surface area contributed by atoms with Crippen LogP contribution in [0.2, 0.25) is 0 Å². The fraction of sp³-hybridized carbons (Fsp3) is 0.273. The molecule has 0 radical (unpaired) electrons. The normalized spacial score (nSPS) is 11.6. The van der Waals surface area contributed by atoms with Crippen molar-refractivity contribution in [1.82, 2.24) is 14.7 Å². The van der Waals surface area contributed by atoms with E-state index in [4.69, 9.17) is 5.73 Å². The van der Waals surface area contributed by atoms with Gasteiger partial charge in [0, 0.05) is 18.9 Å². The highest BCUT2D eigenvalue weighted by molar-refractivity contribution is 7.91. The highest BCUT2D eigenvalue weighted by Gasteiger charge is 2.20. The first-order valence-corrected chi connectivity index (χ1v) is 7.90. The summed E-state index contributed by atoms with van der Waals surface area (Å²) in [6.45, 7) is 1.95. The summed E-state index contributed by atoms with van der Waals surface area (Å²) < 4.78 is 26.8. The predicted octanol–water partition coefficient (Wildman–Crippen LogP) is 0.950. The number of pyridine rings is 1. The number of anilines is 1. The van der Waals surface area contributed by atoms with Gasteiger partial charge in [-0.3, -0.25) is 4.98 Å². The molecule has 0 aromatic carbocycles. The maximum Gasteiger partial charge on any atom is 0.252 e. The number of hydrogen-bond acceptors (Lipinski definition) is 6. The monoisotopic (exact) mass is 298 g/mol. The topological polar surface area (TPSA) is 98.0 Å². The number of thiazole rings is 1. The SMILES string of the molecule is Cc1nc(N)sc1S(=O)(=O)NCCc1ccncc1. The lowest BCUT2D eigenvalue weighted by atomic mass is 10.2. The van der Waals surface area contributed by atoms with Gasteiger partial charge >= 0.3 is 0 Å². The second kappa shape index (κ2) is 5.64. The smallest absolute Gasteiger partial charge is 0.252 e. The number of hydrogen-bond donors (Lipinski definition) is 2. The van der Waals surface area contributed by atoms with E-state index < -0.39 is 10.0 Å². The van der Waals surface area contributed by atoms with Gasteiger partial charge in [0.25, 0.3) is 10.0 Å². The number of nitrogens with one attached hydrogen (secondary N) is 1. The number of rotatable bonds is 5. The molecule has 2 heterocycles. The van der Waals surface area contributed by atoms with E-state index in [2.05, 4.69) is 14.7 Å². The zero-order valence-corrected chi connectivity index (χ0v) is 12.0. The molecule has 0 atom stereocenters. The van der Waals surface area contributed by atoms with E-state index in [1.54, 1.807) is 19.3 Å². The fourth-order valence-electron chi connectivity index (χ4n) is 1.60. The molecule has 102 valence electrons. The van der Waals surface area contributed by atoms with Crippen LogP contribution >= 0.6 is 11.3 Å². The van der Waals surface area contributed by atoms with Crippen molar-refractivity contribution in [3.8, 4) is 0 Å². The van der Waals surface area contributed by atoms with Crippen LogP contribution in [0.4, 0.5) is 5.13 Å². The molecule has 0 aliphatic rings. The lowest BCUT2D eigenvalue weighted by Gasteiger charge is -2.05. The zero-order chi connectivity index (χ0) is 13.9. The van der Waals surface area contributed by atoms with Gasteiger partial charge in [-0.15, -0.1) is 0 Å². The van der Waals surface area contributed by atoms with Crippen molar-refractivity contribution in [3.63, 3.8) is 0 Å². The van der Waals surface area contributed by atoms with Crippen LogP contribution in [0.5, 0.6) is 0 Å². The molecule has 8 heteroatoms. The van der Waals surface area contributed by atoms with E-state index in [0.29, 0.717) is 18.7 Å². The minimum Gasteiger partial charge on any atom is -0.375 e. The molecular weight excluding hydrogens is 284 g/mol. The van der Waals surface area contributed by atoms with E-state index in [1.165, 1.54) is 0 Å². The third kappa shape index (κ3) is 3.49. The maximum atomic E-state index is 12.0. The van der Waals surface area contributed by atoms with Crippen molar-refractivity contribution in [2.24, 2.45) is 0 Å². The second-order valence-electron chi connectivity index (χ2n) is 3.93. The summed E-state index contributed by atoms with van der Waals surface area (Å²) in [5.74, 6) is 0. The van der Waals surface area contributed by atoms with E-state index in [1.807, 2.05) is 12.1 Å². The molecule has 0 unspecified atom stereocenters. The Morgan fingerprint density at radius 1 is 1.37 bits per heavy atom. The lowest BCUT2D eigenvalue weighted by Crippen LogP contribution is -2.25. The molecule has 0 aliphatic carbocycles. The maximum absolute atomic E-state index is 12.0. The standard InChI is InChI=1S/C11H14N4O2S2/c1-8-10(18-11(12)15-8)19(16,17)14-7-4-9-2-5-13-6-3-9/h2-3,5-6,14H,4,7H2,1H3,(H2,12,15). The van der Waals surface area contributed by atoms with Crippen LogP contribution in [0, 0.1) is 6.92 Å². The van der Waals surface area contributed by atoms with Gasteiger partial charge in [0.1, 0.15) is 0 Å². The molecule has 2 aromatic heterocycles. The van der Waals surface area contributed by atoms with Crippen molar-refractivity contribution in [1.29, 1.82) is 0 Å². The molecule has 0 saturated heterocycles. The van der Waals surface area contributed by atoms with Crippen LogP contribution in [0.15, 0.2) is 28.7 Å². The first kappa shape index (κ1) is 13.9. The Kier molecular flexibility index (Phi) is 4.13. The van der Waals surface area contributed by atoms with Gasteiger partial charge in [0.15, 0.2) is 9.34 Å². The number of nitrogen functional groups attached to an aromatic ring is 1. The average Bonchev–Trinajstić information content (AvgIpc) is 2.70. The third-order valence-electron chi connectivity index (χ3n) is 2.47.